The Hall–Kier alpha value is -1.61. The predicted molar refractivity (Wildman–Crippen MR) is 88.7 cm³/mol. The van der Waals surface area contributed by atoms with E-state index in [2.05, 4.69) is 55.3 Å². The molecule has 1 heterocycles. The molecule has 1 N–H and O–H groups in total. The van der Waals surface area contributed by atoms with Crippen LogP contribution in [-0.4, -0.2) is 17.6 Å². The summed E-state index contributed by atoms with van der Waals surface area (Å²) in [6.07, 6.45) is 3.53. The molecular formula is C18H26N2O. The zero-order valence-corrected chi connectivity index (χ0v) is 13.4. The quantitative estimate of drug-likeness (QED) is 0.735. The van der Waals surface area contributed by atoms with Crippen molar-refractivity contribution < 1.29 is 4.74 Å². The third kappa shape index (κ3) is 4.43. The van der Waals surface area contributed by atoms with Crippen LogP contribution in [-0.2, 0) is 6.54 Å². The first-order valence-corrected chi connectivity index (χ1v) is 8.00. The normalized spacial score (nSPS) is 12.5. The fraction of sp³-hybridized carbons (Fsp3) is 0.500. The third-order valence-electron chi connectivity index (χ3n) is 3.54. The van der Waals surface area contributed by atoms with E-state index in [-0.39, 0.29) is 6.10 Å². The molecule has 0 aliphatic rings. The van der Waals surface area contributed by atoms with E-state index in [4.69, 9.17) is 4.74 Å². The SMILES string of the molecule is CCCNCc1cc(OC(C)CCC)nc2ccccc12. The van der Waals surface area contributed by atoms with Gasteiger partial charge in [-0.25, -0.2) is 4.98 Å². The molecule has 3 heteroatoms. The number of benzene rings is 1. The summed E-state index contributed by atoms with van der Waals surface area (Å²) in [5, 5.41) is 4.67. The molecule has 0 aliphatic carbocycles. The summed E-state index contributed by atoms with van der Waals surface area (Å²) in [6, 6.07) is 10.4. The van der Waals surface area contributed by atoms with Gasteiger partial charge < -0.3 is 10.1 Å². The first-order valence-electron chi connectivity index (χ1n) is 8.00. The van der Waals surface area contributed by atoms with Gasteiger partial charge in [-0.05, 0) is 37.9 Å². The predicted octanol–water partition coefficient (Wildman–Crippen LogP) is 4.30. The van der Waals surface area contributed by atoms with E-state index in [1.165, 1.54) is 10.9 Å². The van der Waals surface area contributed by atoms with Gasteiger partial charge in [-0.2, -0.15) is 0 Å². The maximum Gasteiger partial charge on any atom is 0.214 e. The van der Waals surface area contributed by atoms with Gasteiger partial charge in [0.15, 0.2) is 0 Å². The van der Waals surface area contributed by atoms with Gasteiger partial charge in [0.2, 0.25) is 5.88 Å². The van der Waals surface area contributed by atoms with Crippen LogP contribution in [0.3, 0.4) is 0 Å². The number of aromatic nitrogens is 1. The van der Waals surface area contributed by atoms with Gasteiger partial charge in [-0.1, -0.05) is 38.5 Å². The fourth-order valence-electron chi connectivity index (χ4n) is 2.50. The van der Waals surface area contributed by atoms with Gasteiger partial charge in [-0.15, -0.1) is 0 Å². The highest BCUT2D eigenvalue weighted by atomic mass is 16.5. The monoisotopic (exact) mass is 286 g/mol. The van der Waals surface area contributed by atoms with E-state index in [0.29, 0.717) is 0 Å². The number of hydrogen-bond acceptors (Lipinski definition) is 3. The topological polar surface area (TPSA) is 34.1 Å². The molecule has 0 bridgehead atoms. The molecule has 2 aromatic rings. The molecule has 1 atom stereocenters. The van der Waals surface area contributed by atoms with Crippen molar-refractivity contribution in [3.63, 3.8) is 0 Å². The fourth-order valence-corrected chi connectivity index (χ4v) is 2.50. The van der Waals surface area contributed by atoms with Crippen molar-refractivity contribution in [1.29, 1.82) is 0 Å². The Balaban J connectivity index is 2.25. The lowest BCUT2D eigenvalue weighted by Gasteiger charge is -2.15. The third-order valence-corrected chi connectivity index (χ3v) is 3.54. The molecular weight excluding hydrogens is 260 g/mol. The Morgan fingerprint density at radius 1 is 1.19 bits per heavy atom. The Labute approximate surface area is 127 Å². The molecule has 0 amide bonds. The van der Waals surface area contributed by atoms with Crippen LogP contribution in [0.5, 0.6) is 5.88 Å². The van der Waals surface area contributed by atoms with Crippen LogP contribution in [0.2, 0.25) is 0 Å². The molecule has 0 radical (unpaired) electrons. The van der Waals surface area contributed by atoms with Crippen molar-refractivity contribution in [1.82, 2.24) is 10.3 Å². The maximum absolute atomic E-state index is 5.97. The van der Waals surface area contributed by atoms with Crippen LogP contribution >= 0.6 is 0 Å². The molecule has 1 aromatic heterocycles. The van der Waals surface area contributed by atoms with E-state index in [0.717, 1.165) is 43.7 Å². The van der Waals surface area contributed by atoms with Gasteiger partial charge in [0.05, 0.1) is 11.6 Å². The standard InChI is InChI=1S/C18H26N2O/c1-4-8-14(3)21-18-12-15(13-19-11-5-2)16-9-6-7-10-17(16)20-18/h6-7,9-10,12,14,19H,4-5,8,11,13H2,1-3H3. The van der Waals surface area contributed by atoms with E-state index in [1.54, 1.807) is 0 Å². The van der Waals surface area contributed by atoms with Crippen molar-refractivity contribution in [3.05, 3.63) is 35.9 Å². The first kappa shape index (κ1) is 15.8. The molecule has 0 saturated heterocycles. The van der Waals surface area contributed by atoms with E-state index in [9.17, 15) is 0 Å². The van der Waals surface area contributed by atoms with Crippen LogP contribution in [0.25, 0.3) is 10.9 Å². The molecule has 0 saturated carbocycles. The summed E-state index contributed by atoms with van der Waals surface area (Å²) in [6.45, 7) is 8.34. The second-order valence-electron chi connectivity index (χ2n) is 5.53. The minimum absolute atomic E-state index is 0.208. The lowest BCUT2D eigenvalue weighted by Crippen LogP contribution is -2.15. The van der Waals surface area contributed by atoms with Gasteiger partial charge in [-0.3, -0.25) is 0 Å². The number of pyridine rings is 1. The molecule has 2 rings (SSSR count). The minimum Gasteiger partial charge on any atom is -0.475 e. The molecule has 1 unspecified atom stereocenters. The number of ether oxygens (including phenoxy) is 1. The first-order chi connectivity index (χ1) is 10.2. The van der Waals surface area contributed by atoms with Crippen molar-refractivity contribution in [2.45, 2.75) is 52.7 Å². The zero-order chi connectivity index (χ0) is 15.1. The number of nitrogens with one attached hydrogen (secondary N) is 1. The zero-order valence-electron chi connectivity index (χ0n) is 13.4. The minimum atomic E-state index is 0.208. The number of rotatable bonds is 8. The summed E-state index contributed by atoms with van der Waals surface area (Å²) in [4.78, 5) is 4.64. The van der Waals surface area contributed by atoms with Crippen LogP contribution < -0.4 is 10.1 Å². The van der Waals surface area contributed by atoms with Gasteiger partial charge >= 0.3 is 0 Å². The van der Waals surface area contributed by atoms with Crippen LogP contribution in [0, 0.1) is 0 Å². The Morgan fingerprint density at radius 3 is 2.76 bits per heavy atom. The number of fused-ring (bicyclic) bond motifs is 1. The summed E-state index contributed by atoms with van der Waals surface area (Å²) >= 11 is 0. The highest BCUT2D eigenvalue weighted by Crippen LogP contribution is 2.23. The van der Waals surface area contributed by atoms with E-state index >= 15 is 0 Å². The van der Waals surface area contributed by atoms with E-state index in [1.807, 2.05) is 6.07 Å². The van der Waals surface area contributed by atoms with Crippen LogP contribution in [0.1, 0.15) is 45.6 Å². The van der Waals surface area contributed by atoms with Gasteiger partial charge in [0.25, 0.3) is 0 Å². The Kier molecular flexibility index (Phi) is 6.00. The van der Waals surface area contributed by atoms with Gasteiger partial charge in [0.1, 0.15) is 0 Å². The molecule has 0 aliphatic heterocycles. The Morgan fingerprint density at radius 2 is 2.00 bits per heavy atom. The summed E-state index contributed by atoms with van der Waals surface area (Å²) in [5.41, 5.74) is 2.26. The highest BCUT2D eigenvalue weighted by Gasteiger charge is 2.09. The second-order valence-corrected chi connectivity index (χ2v) is 5.53. The average Bonchev–Trinajstić information content (AvgIpc) is 2.47. The van der Waals surface area contributed by atoms with Crippen LogP contribution in [0.15, 0.2) is 30.3 Å². The molecule has 0 spiro atoms. The summed E-state index contributed by atoms with van der Waals surface area (Å²) < 4.78 is 5.97. The van der Waals surface area contributed by atoms with Crippen molar-refractivity contribution in [3.8, 4) is 5.88 Å². The Bertz CT molecular complexity index is 568. The van der Waals surface area contributed by atoms with Crippen molar-refractivity contribution in [2.24, 2.45) is 0 Å². The maximum atomic E-state index is 5.97. The summed E-state index contributed by atoms with van der Waals surface area (Å²) in [5.74, 6) is 0.739. The largest absolute Gasteiger partial charge is 0.475 e. The molecule has 3 nitrogen and oxygen atoms in total. The number of para-hydroxylation sites is 1. The van der Waals surface area contributed by atoms with E-state index < -0.39 is 0 Å². The van der Waals surface area contributed by atoms with Gasteiger partial charge in [0, 0.05) is 18.0 Å². The average molecular weight is 286 g/mol. The van der Waals surface area contributed by atoms with Crippen LogP contribution in [0.4, 0.5) is 0 Å². The number of hydrogen-bond donors (Lipinski definition) is 1. The van der Waals surface area contributed by atoms with Crippen molar-refractivity contribution in [2.75, 3.05) is 6.54 Å². The molecule has 114 valence electrons. The molecule has 0 fully saturated rings. The lowest BCUT2D eigenvalue weighted by atomic mass is 10.1. The molecule has 21 heavy (non-hydrogen) atoms. The lowest BCUT2D eigenvalue weighted by molar-refractivity contribution is 0.202. The second kappa shape index (κ2) is 7.99. The summed E-state index contributed by atoms with van der Waals surface area (Å²) in [7, 11) is 0. The highest BCUT2D eigenvalue weighted by molar-refractivity contribution is 5.82. The number of nitrogens with zero attached hydrogens (tertiary/aromatic N) is 1. The van der Waals surface area contributed by atoms with Crippen molar-refractivity contribution >= 4 is 10.9 Å². The molecule has 1 aromatic carbocycles. The smallest absolute Gasteiger partial charge is 0.214 e.